The van der Waals surface area contributed by atoms with E-state index in [0.717, 1.165) is 0 Å². The van der Waals surface area contributed by atoms with Crippen LogP contribution in [0.5, 0.6) is 0 Å². The Morgan fingerprint density at radius 3 is 1.39 bits per heavy atom. The molecule has 1 aliphatic carbocycles. The fourth-order valence-corrected chi connectivity index (χ4v) is 7.25. The SMILES string of the molecule is Cc1c2ccsc2c(C)c2ccsc12.O=C1c2ccsc2C(=O)c2ccsc21. The first-order valence-electron chi connectivity index (χ1n) is 8.66. The molecule has 0 radical (unpaired) electrons. The third kappa shape index (κ3) is 2.56. The van der Waals surface area contributed by atoms with E-state index < -0.39 is 0 Å². The number of thiophene rings is 4. The summed E-state index contributed by atoms with van der Waals surface area (Å²) in [6.45, 7) is 4.46. The molecule has 0 bridgehead atoms. The Balaban J connectivity index is 0.000000122. The lowest BCUT2D eigenvalue weighted by molar-refractivity contribution is 0.0986. The molecule has 6 rings (SSSR count). The Morgan fingerprint density at radius 1 is 0.571 bits per heavy atom. The third-order valence-electron chi connectivity index (χ3n) is 5.05. The molecule has 0 amide bonds. The number of carbonyl (C=O) groups excluding carboxylic acids is 2. The summed E-state index contributed by atoms with van der Waals surface area (Å²) in [4.78, 5) is 24.8. The number of fused-ring (bicyclic) bond motifs is 4. The number of aryl methyl sites for hydroxylation is 2. The van der Waals surface area contributed by atoms with Crippen LogP contribution in [-0.2, 0) is 0 Å². The van der Waals surface area contributed by atoms with Crippen LogP contribution in [0.4, 0.5) is 0 Å². The molecule has 4 heterocycles. The van der Waals surface area contributed by atoms with Crippen molar-refractivity contribution in [1.82, 2.24) is 0 Å². The second kappa shape index (κ2) is 6.74. The fourth-order valence-electron chi connectivity index (χ4n) is 3.61. The quantitative estimate of drug-likeness (QED) is 0.249. The molecule has 0 saturated heterocycles. The van der Waals surface area contributed by atoms with Gasteiger partial charge in [-0.25, -0.2) is 0 Å². The second-order valence-corrected chi connectivity index (χ2v) is 10.2. The van der Waals surface area contributed by atoms with Gasteiger partial charge in [-0.1, -0.05) is 0 Å². The van der Waals surface area contributed by atoms with Crippen LogP contribution in [0.15, 0.2) is 45.8 Å². The minimum Gasteiger partial charge on any atom is -0.288 e. The first kappa shape index (κ1) is 17.9. The molecule has 138 valence electrons. The third-order valence-corrected chi connectivity index (χ3v) is 8.95. The van der Waals surface area contributed by atoms with E-state index in [1.807, 2.05) is 22.7 Å². The van der Waals surface area contributed by atoms with Gasteiger partial charge in [0.2, 0.25) is 11.6 Å². The lowest BCUT2D eigenvalue weighted by Gasteiger charge is -2.08. The van der Waals surface area contributed by atoms with Crippen LogP contribution in [-0.4, -0.2) is 11.6 Å². The van der Waals surface area contributed by atoms with Gasteiger partial charge in [0, 0.05) is 20.5 Å². The molecule has 0 atom stereocenters. The van der Waals surface area contributed by atoms with E-state index in [1.165, 1.54) is 54.0 Å². The number of benzene rings is 1. The van der Waals surface area contributed by atoms with Crippen molar-refractivity contribution < 1.29 is 9.59 Å². The van der Waals surface area contributed by atoms with E-state index in [1.54, 1.807) is 22.9 Å². The highest BCUT2D eigenvalue weighted by atomic mass is 32.1. The van der Waals surface area contributed by atoms with Crippen LogP contribution in [0, 0.1) is 13.8 Å². The normalized spacial score (nSPS) is 12.8. The molecule has 0 aliphatic heterocycles. The maximum Gasteiger partial charge on any atom is 0.205 e. The van der Waals surface area contributed by atoms with Crippen molar-refractivity contribution in [3.8, 4) is 0 Å². The molecule has 6 heteroatoms. The highest BCUT2D eigenvalue weighted by Crippen LogP contribution is 2.37. The van der Waals surface area contributed by atoms with Crippen LogP contribution in [0.3, 0.4) is 0 Å². The summed E-state index contributed by atoms with van der Waals surface area (Å²) < 4.78 is 2.90. The molecule has 0 fully saturated rings. The van der Waals surface area contributed by atoms with Gasteiger partial charge in [0.25, 0.3) is 0 Å². The van der Waals surface area contributed by atoms with Gasteiger partial charge in [0.1, 0.15) is 0 Å². The van der Waals surface area contributed by atoms with E-state index in [0.29, 0.717) is 20.9 Å². The highest BCUT2D eigenvalue weighted by molar-refractivity contribution is 7.19. The Hall–Kier alpha value is -2.12. The van der Waals surface area contributed by atoms with Crippen molar-refractivity contribution in [3.63, 3.8) is 0 Å². The smallest absolute Gasteiger partial charge is 0.205 e. The van der Waals surface area contributed by atoms with Gasteiger partial charge >= 0.3 is 0 Å². The molecular weight excluding hydrogens is 425 g/mol. The summed E-state index contributed by atoms with van der Waals surface area (Å²) in [7, 11) is 0. The van der Waals surface area contributed by atoms with Crippen molar-refractivity contribution in [1.29, 1.82) is 0 Å². The van der Waals surface area contributed by atoms with Crippen LogP contribution < -0.4 is 0 Å². The number of hydrogen-bond acceptors (Lipinski definition) is 6. The van der Waals surface area contributed by atoms with Gasteiger partial charge in [0.05, 0.1) is 9.75 Å². The molecule has 5 aromatic rings. The average Bonchev–Trinajstić information content (AvgIpc) is 3.49. The zero-order valence-corrected chi connectivity index (χ0v) is 18.3. The predicted octanol–water partition coefficient (Wildman–Crippen LogP) is 7.32. The van der Waals surface area contributed by atoms with Crippen LogP contribution in [0.1, 0.15) is 41.6 Å². The van der Waals surface area contributed by atoms with Gasteiger partial charge in [-0.3, -0.25) is 9.59 Å². The second-order valence-electron chi connectivity index (χ2n) is 6.56. The Morgan fingerprint density at radius 2 is 0.964 bits per heavy atom. The van der Waals surface area contributed by atoms with Crippen LogP contribution in [0.25, 0.3) is 20.2 Å². The van der Waals surface area contributed by atoms with Gasteiger partial charge in [-0.05, 0) is 81.5 Å². The van der Waals surface area contributed by atoms with E-state index >= 15 is 0 Å². The summed E-state index contributed by atoms with van der Waals surface area (Å²) in [6, 6.07) is 7.93. The predicted molar refractivity (Wildman–Crippen MR) is 122 cm³/mol. The summed E-state index contributed by atoms with van der Waals surface area (Å²) in [5, 5.41) is 10.8. The average molecular weight is 439 g/mol. The van der Waals surface area contributed by atoms with E-state index in [9.17, 15) is 9.59 Å². The zero-order chi connectivity index (χ0) is 19.4. The Labute approximate surface area is 177 Å². The minimum absolute atomic E-state index is 0.00847. The molecule has 0 unspecified atom stereocenters. The summed E-state index contributed by atoms with van der Waals surface area (Å²) in [5.74, 6) is -0.0169. The molecule has 0 spiro atoms. The van der Waals surface area contributed by atoms with Gasteiger partial charge in [-0.15, -0.1) is 45.3 Å². The van der Waals surface area contributed by atoms with Crippen molar-refractivity contribution in [2.75, 3.05) is 0 Å². The maximum absolute atomic E-state index is 11.8. The number of hydrogen-bond donors (Lipinski definition) is 0. The Bertz CT molecular complexity index is 1180. The van der Waals surface area contributed by atoms with E-state index in [2.05, 4.69) is 36.7 Å². The first-order chi connectivity index (χ1) is 13.6. The lowest BCUT2D eigenvalue weighted by atomic mass is 9.96. The molecule has 1 aliphatic rings. The van der Waals surface area contributed by atoms with Gasteiger partial charge in [0.15, 0.2) is 0 Å². The maximum atomic E-state index is 11.8. The summed E-state index contributed by atoms with van der Waals surface area (Å²) in [5.41, 5.74) is 4.01. The van der Waals surface area contributed by atoms with E-state index in [-0.39, 0.29) is 11.6 Å². The monoisotopic (exact) mass is 438 g/mol. The first-order valence-corrected chi connectivity index (χ1v) is 12.2. The molecule has 4 aromatic heterocycles. The Kier molecular flexibility index (Phi) is 4.32. The number of ketones is 2. The van der Waals surface area contributed by atoms with Gasteiger partial charge < -0.3 is 0 Å². The summed E-state index contributed by atoms with van der Waals surface area (Å²) in [6.07, 6.45) is 0. The minimum atomic E-state index is -0.00847. The van der Waals surface area contributed by atoms with Crippen LogP contribution in [0.2, 0.25) is 0 Å². The molecule has 1 aromatic carbocycles. The number of rotatable bonds is 0. The lowest BCUT2D eigenvalue weighted by Crippen LogP contribution is -2.15. The summed E-state index contributed by atoms with van der Waals surface area (Å²) >= 11 is 6.38. The van der Waals surface area contributed by atoms with Crippen molar-refractivity contribution in [2.24, 2.45) is 0 Å². The zero-order valence-electron chi connectivity index (χ0n) is 15.1. The molecule has 0 saturated carbocycles. The highest BCUT2D eigenvalue weighted by Gasteiger charge is 2.31. The van der Waals surface area contributed by atoms with Crippen LogP contribution >= 0.6 is 45.3 Å². The molecule has 0 N–H and O–H groups in total. The topological polar surface area (TPSA) is 34.1 Å². The van der Waals surface area contributed by atoms with Crippen molar-refractivity contribution >= 4 is 77.1 Å². The largest absolute Gasteiger partial charge is 0.288 e. The fraction of sp³-hybridized carbons (Fsp3) is 0.0909. The molecule has 2 nitrogen and oxygen atoms in total. The number of carbonyl (C=O) groups is 2. The van der Waals surface area contributed by atoms with Gasteiger partial charge in [-0.2, -0.15) is 0 Å². The van der Waals surface area contributed by atoms with Crippen molar-refractivity contribution in [2.45, 2.75) is 13.8 Å². The molecule has 28 heavy (non-hydrogen) atoms. The standard InChI is InChI=1S/C12H10S2.C10H4O2S2/c1-7-9-3-5-14-12(9)8(2)10-4-6-13-11(7)10;11-7-5-1-3-13-9(5)8(12)6-2-4-14-10(6)7/h3-6H,1-2H3;1-4H. The molecular formula is C22H14O2S4. The van der Waals surface area contributed by atoms with Crippen molar-refractivity contribution in [3.05, 3.63) is 77.8 Å². The van der Waals surface area contributed by atoms with E-state index in [4.69, 9.17) is 0 Å².